The third-order valence-electron chi connectivity index (χ3n) is 5.11. The van der Waals surface area contributed by atoms with Crippen LogP contribution in [0.5, 0.6) is 0 Å². The monoisotopic (exact) mass is 401 g/mol. The van der Waals surface area contributed by atoms with Gasteiger partial charge in [0.25, 0.3) is 0 Å². The SMILES string of the molecule is Cc1nn(C)c(C)c1S(=O)(=O)N1CCN(c2ccc(-n3cccc3)nn2)CC1. The van der Waals surface area contributed by atoms with Crippen LogP contribution in [0.3, 0.4) is 0 Å². The second kappa shape index (κ2) is 7.02. The van der Waals surface area contributed by atoms with Crippen LogP contribution in [-0.2, 0) is 17.1 Å². The van der Waals surface area contributed by atoms with Crippen molar-refractivity contribution >= 4 is 15.8 Å². The summed E-state index contributed by atoms with van der Waals surface area (Å²) in [6, 6.07) is 7.69. The van der Waals surface area contributed by atoms with Crippen LogP contribution in [0.2, 0.25) is 0 Å². The van der Waals surface area contributed by atoms with Gasteiger partial charge in [0, 0.05) is 45.6 Å². The van der Waals surface area contributed by atoms with Gasteiger partial charge in [0.05, 0.1) is 11.4 Å². The van der Waals surface area contributed by atoms with Crippen molar-refractivity contribution in [3.63, 3.8) is 0 Å². The number of anilines is 1. The summed E-state index contributed by atoms with van der Waals surface area (Å²) < 4.78 is 31.2. The summed E-state index contributed by atoms with van der Waals surface area (Å²) in [5.74, 6) is 1.50. The van der Waals surface area contributed by atoms with Gasteiger partial charge in [-0.25, -0.2) is 8.42 Å². The standard InChI is InChI=1S/C18H23N7O2S/c1-14-18(15(2)22(3)21-14)28(26,27)25-12-10-24(11-13-25)17-7-6-16(19-20-17)23-8-4-5-9-23/h4-9H,10-13H2,1-3H3. The third kappa shape index (κ3) is 3.18. The van der Waals surface area contributed by atoms with Crippen LogP contribution in [-0.4, -0.2) is 63.4 Å². The number of hydrogen-bond acceptors (Lipinski definition) is 6. The molecule has 1 aliphatic rings. The van der Waals surface area contributed by atoms with Crippen molar-refractivity contribution in [3.05, 3.63) is 48.0 Å². The highest BCUT2D eigenvalue weighted by molar-refractivity contribution is 7.89. The van der Waals surface area contributed by atoms with E-state index in [9.17, 15) is 8.42 Å². The summed E-state index contributed by atoms with van der Waals surface area (Å²) in [6.07, 6.45) is 3.82. The molecule has 4 rings (SSSR count). The van der Waals surface area contributed by atoms with Crippen molar-refractivity contribution in [1.82, 2.24) is 28.9 Å². The number of aromatic nitrogens is 5. The Morgan fingerprint density at radius 1 is 0.929 bits per heavy atom. The minimum atomic E-state index is -3.56. The maximum atomic E-state index is 13.1. The van der Waals surface area contributed by atoms with Gasteiger partial charge in [-0.2, -0.15) is 9.40 Å². The molecule has 10 heteroatoms. The molecule has 148 valence electrons. The molecule has 3 aromatic heterocycles. The van der Waals surface area contributed by atoms with Gasteiger partial charge < -0.3 is 9.47 Å². The fourth-order valence-corrected chi connectivity index (χ4v) is 5.35. The summed E-state index contributed by atoms with van der Waals surface area (Å²) in [7, 11) is -1.80. The molecular formula is C18H23N7O2S. The minimum absolute atomic E-state index is 0.319. The molecule has 0 bridgehead atoms. The number of hydrogen-bond donors (Lipinski definition) is 0. The van der Waals surface area contributed by atoms with E-state index in [1.165, 1.54) is 4.31 Å². The van der Waals surface area contributed by atoms with Crippen molar-refractivity contribution in [2.45, 2.75) is 18.7 Å². The van der Waals surface area contributed by atoms with Gasteiger partial charge >= 0.3 is 0 Å². The predicted octanol–water partition coefficient (Wildman–Crippen LogP) is 1.13. The van der Waals surface area contributed by atoms with Gasteiger partial charge in [-0.3, -0.25) is 4.68 Å². The number of aryl methyl sites for hydroxylation is 2. The fraction of sp³-hybridized carbons (Fsp3) is 0.389. The maximum absolute atomic E-state index is 13.1. The van der Waals surface area contributed by atoms with Gasteiger partial charge in [-0.05, 0) is 38.1 Å². The van der Waals surface area contributed by atoms with Crippen molar-refractivity contribution in [2.75, 3.05) is 31.1 Å². The van der Waals surface area contributed by atoms with Crippen LogP contribution >= 0.6 is 0 Å². The zero-order valence-electron chi connectivity index (χ0n) is 16.1. The van der Waals surface area contributed by atoms with Gasteiger partial charge in [-0.1, -0.05) is 0 Å². The minimum Gasteiger partial charge on any atom is -0.352 e. The van der Waals surface area contributed by atoms with Crippen LogP contribution in [0, 0.1) is 13.8 Å². The van der Waals surface area contributed by atoms with E-state index in [0.29, 0.717) is 42.5 Å². The number of rotatable bonds is 4. The quantitative estimate of drug-likeness (QED) is 0.651. The molecular weight excluding hydrogens is 378 g/mol. The Morgan fingerprint density at radius 3 is 2.07 bits per heavy atom. The smallest absolute Gasteiger partial charge is 0.246 e. The molecule has 0 N–H and O–H groups in total. The normalized spacial score (nSPS) is 15.9. The summed E-state index contributed by atoms with van der Waals surface area (Å²) in [6.45, 7) is 5.45. The molecule has 1 saturated heterocycles. The van der Waals surface area contributed by atoms with E-state index in [2.05, 4.69) is 20.2 Å². The highest BCUT2D eigenvalue weighted by Gasteiger charge is 2.33. The van der Waals surface area contributed by atoms with E-state index in [1.54, 1.807) is 25.6 Å². The molecule has 1 fully saturated rings. The first-order valence-electron chi connectivity index (χ1n) is 9.10. The Balaban J connectivity index is 1.47. The Kier molecular flexibility index (Phi) is 4.68. The molecule has 0 aliphatic carbocycles. The Morgan fingerprint density at radius 2 is 1.54 bits per heavy atom. The highest BCUT2D eigenvalue weighted by atomic mass is 32.2. The van der Waals surface area contributed by atoms with Crippen LogP contribution in [0.4, 0.5) is 5.82 Å². The van der Waals surface area contributed by atoms with Crippen LogP contribution in [0.15, 0.2) is 41.6 Å². The maximum Gasteiger partial charge on any atom is 0.246 e. The zero-order chi connectivity index (χ0) is 19.9. The van der Waals surface area contributed by atoms with Crippen LogP contribution in [0.1, 0.15) is 11.4 Å². The van der Waals surface area contributed by atoms with Gasteiger partial charge in [-0.15, -0.1) is 10.2 Å². The molecule has 0 atom stereocenters. The highest BCUT2D eigenvalue weighted by Crippen LogP contribution is 2.25. The van der Waals surface area contributed by atoms with E-state index in [0.717, 1.165) is 11.6 Å². The molecule has 0 amide bonds. The second-order valence-corrected chi connectivity index (χ2v) is 8.73. The van der Waals surface area contributed by atoms with E-state index in [4.69, 9.17) is 0 Å². The predicted molar refractivity (Wildman–Crippen MR) is 105 cm³/mol. The topological polar surface area (TPSA) is 89.2 Å². The molecule has 0 spiro atoms. The molecule has 4 heterocycles. The first-order valence-corrected chi connectivity index (χ1v) is 10.5. The summed E-state index contributed by atoms with van der Waals surface area (Å²) >= 11 is 0. The van der Waals surface area contributed by atoms with Crippen LogP contribution < -0.4 is 4.90 Å². The summed E-state index contributed by atoms with van der Waals surface area (Å²) in [4.78, 5) is 2.38. The molecule has 3 aromatic rings. The lowest BCUT2D eigenvalue weighted by Gasteiger charge is -2.34. The first kappa shape index (κ1) is 18.6. The average molecular weight is 401 g/mol. The van der Waals surface area contributed by atoms with E-state index >= 15 is 0 Å². The Labute approximate surface area is 164 Å². The molecule has 1 aliphatic heterocycles. The molecule has 0 radical (unpaired) electrons. The number of nitrogens with zero attached hydrogens (tertiary/aromatic N) is 7. The lowest BCUT2D eigenvalue weighted by atomic mass is 10.3. The molecule has 9 nitrogen and oxygen atoms in total. The van der Waals surface area contributed by atoms with Gasteiger partial charge in [0.1, 0.15) is 4.90 Å². The van der Waals surface area contributed by atoms with E-state index in [1.807, 2.05) is 41.2 Å². The third-order valence-corrected chi connectivity index (χ3v) is 7.26. The summed E-state index contributed by atoms with van der Waals surface area (Å²) in [5.41, 5.74) is 1.19. The zero-order valence-corrected chi connectivity index (χ0v) is 17.0. The van der Waals surface area contributed by atoms with Crippen LogP contribution in [0.25, 0.3) is 5.82 Å². The molecule has 0 unspecified atom stereocenters. The molecule has 28 heavy (non-hydrogen) atoms. The fourth-order valence-electron chi connectivity index (χ4n) is 3.53. The first-order chi connectivity index (χ1) is 13.4. The molecule has 0 aromatic carbocycles. The number of piperazine rings is 1. The second-order valence-electron chi connectivity index (χ2n) is 6.85. The van der Waals surface area contributed by atoms with E-state index in [-0.39, 0.29) is 0 Å². The Bertz CT molecular complexity index is 1060. The average Bonchev–Trinajstić information content (AvgIpc) is 3.31. The lowest BCUT2D eigenvalue weighted by Crippen LogP contribution is -2.49. The number of sulfonamides is 1. The van der Waals surface area contributed by atoms with Gasteiger partial charge in [0.15, 0.2) is 11.6 Å². The van der Waals surface area contributed by atoms with Crippen molar-refractivity contribution in [3.8, 4) is 5.82 Å². The van der Waals surface area contributed by atoms with Gasteiger partial charge in [0.2, 0.25) is 10.0 Å². The largest absolute Gasteiger partial charge is 0.352 e. The lowest BCUT2D eigenvalue weighted by molar-refractivity contribution is 0.383. The van der Waals surface area contributed by atoms with Crippen molar-refractivity contribution < 1.29 is 8.42 Å². The van der Waals surface area contributed by atoms with Crippen molar-refractivity contribution in [2.24, 2.45) is 7.05 Å². The Hall–Kier alpha value is -2.72. The van der Waals surface area contributed by atoms with Crippen molar-refractivity contribution in [1.29, 1.82) is 0 Å². The van der Waals surface area contributed by atoms with E-state index < -0.39 is 10.0 Å². The molecule has 0 saturated carbocycles. The summed E-state index contributed by atoms with van der Waals surface area (Å²) in [5, 5.41) is 12.8.